The molecule has 0 bridgehead atoms. The third kappa shape index (κ3) is 3.68. The van der Waals surface area contributed by atoms with Crippen molar-refractivity contribution in [1.82, 2.24) is 0 Å². The van der Waals surface area contributed by atoms with Gasteiger partial charge in [-0.2, -0.15) is 0 Å². The Hall–Kier alpha value is -2.06. The van der Waals surface area contributed by atoms with Gasteiger partial charge in [-0.1, -0.05) is 109 Å². The van der Waals surface area contributed by atoms with Crippen LogP contribution in [0.3, 0.4) is 0 Å². The second-order valence-electron chi connectivity index (χ2n) is 8.27. The second kappa shape index (κ2) is 7.52. The molecule has 27 heavy (non-hydrogen) atoms. The molecular formula is C25H27BrO. The summed E-state index contributed by atoms with van der Waals surface area (Å²) in [6.07, 6.45) is 0. The molecule has 2 heteroatoms. The number of aromatic hydroxyl groups is 1. The van der Waals surface area contributed by atoms with E-state index in [-0.39, 0.29) is 5.41 Å². The first-order valence-corrected chi connectivity index (χ1v) is 10.4. The maximum absolute atomic E-state index is 11.2. The Morgan fingerprint density at radius 3 is 1.63 bits per heavy atom. The van der Waals surface area contributed by atoms with Crippen molar-refractivity contribution < 1.29 is 5.11 Å². The minimum Gasteiger partial charge on any atom is -0.507 e. The lowest BCUT2D eigenvalue weighted by Gasteiger charge is -2.34. The summed E-state index contributed by atoms with van der Waals surface area (Å²) in [4.78, 5) is 0. The van der Waals surface area contributed by atoms with Gasteiger partial charge in [0, 0.05) is 21.9 Å². The van der Waals surface area contributed by atoms with E-state index in [0.717, 1.165) is 22.3 Å². The molecule has 0 fully saturated rings. The van der Waals surface area contributed by atoms with Gasteiger partial charge in [-0.25, -0.2) is 0 Å². The molecule has 3 aromatic carbocycles. The van der Waals surface area contributed by atoms with Crippen LogP contribution in [-0.2, 0) is 16.2 Å². The zero-order valence-electron chi connectivity index (χ0n) is 16.5. The third-order valence-corrected chi connectivity index (χ3v) is 6.04. The highest BCUT2D eigenvalue weighted by Gasteiger charge is 2.35. The molecule has 3 rings (SSSR count). The molecule has 0 saturated heterocycles. The van der Waals surface area contributed by atoms with E-state index in [1.807, 2.05) is 12.1 Å². The van der Waals surface area contributed by atoms with Gasteiger partial charge in [-0.15, -0.1) is 0 Å². The molecule has 140 valence electrons. The Kier molecular flexibility index (Phi) is 5.48. The van der Waals surface area contributed by atoms with Crippen molar-refractivity contribution in [1.29, 1.82) is 0 Å². The molecule has 1 nitrogen and oxygen atoms in total. The summed E-state index contributed by atoms with van der Waals surface area (Å²) in [6, 6.07) is 25.2. The second-order valence-corrected chi connectivity index (χ2v) is 8.83. The first-order valence-electron chi connectivity index (χ1n) is 9.32. The molecule has 3 aromatic rings. The summed E-state index contributed by atoms with van der Waals surface area (Å²) in [5.41, 5.74) is 4.97. The number of halogens is 1. The lowest BCUT2D eigenvalue weighted by molar-refractivity contribution is 0.451. The smallest absolute Gasteiger partial charge is 0.124 e. The number of rotatable bonds is 4. The van der Waals surface area contributed by atoms with Crippen molar-refractivity contribution in [3.63, 3.8) is 0 Å². The maximum atomic E-state index is 11.2. The van der Waals surface area contributed by atoms with Crippen LogP contribution in [0, 0.1) is 0 Å². The summed E-state index contributed by atoms with van der Waals surface area (Å²) < 4.78 is 0. The fourth-order valence-corrected chi connectivity index (χ4v) is 4.06. The Bertz CT molecular complexity index is 869. The van der Waals surface area contributed by atoms with E-state index in [1.54, 1.807) is 0 Å². The predicted octanol–water partition coefficient (Wildman–Crippen LogP) is 6.94. The molecule has 0 aliphatic heterocycles. The number of alkyl halides is 1. The van der Waals surface area contributed by atoms with Crippen molar-refractivity contribution in [2.75, 3.05) is 0 Å². The van der Waals surface area contributed by atoms with Gasteiger partial charge in [-0.05, 0) is 29.0 Å². The van der Waals surface area contributed by atoms with Crippen LogP contribution in [-0.4, -0.2) is 5.11 Å². The number of benzene rings is 3. The van der Waals surface area contributed by atoms with Gasteiger partial charge < -0.3 is 5.11 Å². The van der Waals surface area contributed by atoms with Crippen molar-refractivity contribution in [3.05, 3.63) is 101 Å². The largest absolute Gasteiger partial charge is 0.507 e. The van der Waals surface area contributed by atoms with Crippen LogP contribution >= 0.6 is 15.9 Å². The molecular weight excluding hydrogens is 396 g/mol. The molecule has 0 spiro atoms. The van der Waals surface area contributed by atoms with Gasteiger partial charge in [0.25, 0.3) is 0 Å². The lowest BCUT2D eigenvalue weighted by Crippen LogP contribution is -2.27. The molecule has 0 heterocycles. The van der Waals surface area contributed by atoms with Gasteiger partial charge in [0.05, 0.1) is 0 Å². The molecule has 0 radical (unpaired) electrons. The van der Waals surface area contributed by atoms with E-state index in [2.05, 4.69) is 104 Å². The first kappa shape index (κ1) is 19.7. The summed E-state index contributed by atoms with van der Waals surface area (Å²) in [7, 11) is 0. The van der Waals surface area contributed by atoms with E-state index in [1.165, 1.54) is 5.56 Å². The first-order chi connectivity index (χ1) is 12.8. The van der Waals surface area contributed by atoms with Crippen molar-refractivity contribution >= 4 is 15.9 Å². The third-order valence-electron chi connectivity index (χ3n) is 5.44. The number of phenolic OH excluding ortho intramolecular Hbond substituents is 1. The van der Waals surface area contributed by atoms with Crippen LogP contribution in [0.4, 0.5) is 0 Å². The van der Waals surface area contributed by atoms with E-state index in [4.69, 9.17) is 0 Å². The molecule has 0 saturated carbocycles. The van der Waals surface area contributed by atoms with Crippen molar-refractivity contribution in [2.45, 2.75) is 43.9 Å². The minimum absolute atomic E-state index is 0.00629. The van der Waals surface area contributed by atoms with E-state index in [9.17, 15) is 5.11 Å². The van der Waals surface area contributed by atoms with Crippen LogP contribution < -0.4 is 0 Å². The van der Waals surface area contributed by atoms with Gasteiger partial charge in [0.15, 0.2) is 0 Å². The van der Waals surface area contributed by atoms with E-state index in [0.29, 0.717) is 11.1 Å². The summed E-state index contributed by atoms with van der Waals surface area (Å²) in [5.74, 6) is 0.370. The highest BCUT2D eigenvalue weighted by atomic mass is 79.9. The standard InChI is InChI=1S/C25H27BrO/c1-24(2,3)21-15-18(17-26)23(27)22(16-21)25(4,19-11-7-5-8-12-19)20-13-9-6-10-14-20/h5-16,27H,17H2,1-4H3. The van der Waals surface area contributed by atoms with Crippen LogP contribution in [0.5, 0.6) is 5.75 Å². The van der Waals surface area contributed by atoms with Gasteiger partial charge >= 0.3 is 0 Å². The lowest BCUT2D eigenvalue weighted by atomic mass is 9.69. The molecule has 0 atom stereocenters. The predicted molar refractivity (Wildman–Crippen MR) is 118 cm³/mol. The molecule has 0 aliphatic rings. The van der Waals surface area contributed by atoms with Crippen LogP contribution in [0.25, 0.3) is 0 Å². The summed E-state index contributed by atoms with van der Waals surface area (Å²) in [5, 5.41) is 11.8. The fourth-order valence-electron chi connectivity index (χ4n) is 3.63. The number of hydrogen-bond donors (Lipinski definition) is 1. The van der Waals surface area contributed by atoms with E-state index >= 15 is 0 Å². The normalized spacial score (nSPS) is 12.2. The van der Waals surface area contributed by atoms with Crippen LogP contribution in [0.15, 0.2) is 72.8 Å². The number of hydrogen-bond acceptors (Lipinski definition) is 1. The number of phenols is 1. The SMILES string of the molecule is CC(C)(C)c1cc(CBr)c(O)c(C(C)(c2ccccc2)c2ccccc2)c1. The zero-order valence-corrected chi connectivity index (χ0v) is 18.0. The minimum atomic E-state index is -0.454. The van der Waals surface area contributed by atoms with Crippen LogP contribution in [0.2, 0.25) is 0 Å². The van der Waals surface area contributed by atoms with E-state index < -0.39 is 5.41 Å². The van der Waals surface area contributed by atoms with Crippen molar-refractivity contribution in [3.8, 4) is 5.75 Å². The monoisotopic (exact) mass is 422 g/mol. The quantitative estimate of drug-likeness (QED) is 0.356. The van der Waals surface area contributed by atoms with Gasteiger partial charge in [0.1, 0.15) is 5.75 Å². The molecule has 0 amide bonds. The van der Waals surface area contributed by atoms with Gasteiger partial charge in [0.2, 0.25) is 0 Å². The Balaban J connectivity index is 2.38. The Morgan fingerprint density at radius 2 is 1.22 bits per heavy atom. The fraction of sp³-hybridized carbons (Fsp3) is 0.280. The average Bonchev–Trinajstić information content (AvgIpc) is 2.68. The zero-order chi connectivity index (χ0) is 19.7. The topological polar surface area (TPSA) is 20.2 Å². The average molecular weight is 423 g/mol. The highest BCUT2D eigenvalue weighted by molar-refractivity contribution is 9.08. The Morgan fingerprint density at radius 1 is 0.741 bits per heavy atom. The van der Waals surface area contributed by atoms with Gasteiger partial charge in [-0.3, -0.25) is 0 Å². The maximum Gasteiger partial charge on any atom is 0.124 e. The molecule has 0 aromatic heterocycles. The summed E-state index contributed by atoms with van der Waals surface area (Å²) in [6.45, 7) is 8.84. The van der Waals surface area contributed by atoms with Crippen molar-refractivity contribution in [2.24, 2.45) is 0 Å². The van der Waals surface area contributed by atoms with Crippen LogP contribution in [0.1, 0.15) is 55.5 Å². The molecule has 0 aliphatic carbocycles. The Labute approximate surface area is 171 Å². The highest BCUT2D eigenvalue weighted by Crippen LogP contribution is 2.45. The molecule has 1 N–H and O–H groups in total. The molecule has 0 unspecified atom stereocenters. The summed E-state index contributed by atoms with van der Waals surface area (Å²) >= 11 is 3.56.